The van der Waals surface area contributed by atoms with E-state index >= 15 is 0 Å². The lowest BCUT2D eigenvalue weighted by molar-refractivity contribution is -0.122. The van der Waals surface area contributed by atoms with Crippen LogP contribution in [0.15, 0.2) is 97.2 Å². The molecule has 0 aliphatic carbocycles. The quantitative estimate of drug-likeness (QED) is 0.0291. The van der Waals surface area contributed by atoms with E-state index < -0.39 is 0 Å². The Bertz CT molecular complexity index is 1320. The molecular formula is C51H84BrN3O4. The average molecular weight is 883 g/mol. The normalized spacial score (nSPS) is 13.8. The highest BCUT2D eigenvalue weighted by atomic mass is 79.9. The van der Waals surface area contributed by atoms with E-state index in [4.69, 9.17) is 15.5 Å². The Morgan fingerprint density at radius 1 is 0.559 bits per heavy atom. The van der Waals surface area contributed by atoms with Crippen LogP contribution in [0, 0.1) is 22.2 Å². The van der Waals surface area contributed by atoms with Gasteiger partial charge in [0.15, 0.2) is 0 Å². The van der Waals surface area contributed by atoms with Crippen molar-refractivity contribution in [1.29, 1.82) is 5.26 Å². The molecule has 0 aliphatic rings. The van der Waals surface area contributed by atoms with Gasteiger partial charge in [-0.25, -0.2) is 0 Å². The number of alkyl halides is 1. The maximum atomic E-state index is 11.5. The second-order valence-electron chi connectivity index (χ2n) is 16.6. The zero-order valence-electron chi connectivity index (χ0n) is 38.0. The summed E-state index contributed by atoms with van der Waals surface area (Å²) in [7, 11) is 0. The number of allylic oxidation sites excluding steroid dienone is 16. The van der Waals surface area contributed by atoms with E-state index in [-0.39, 0.29) is 42.5 Å². The predicted octanol–water partition coefficient (Wildman–Crippen LogP) is 12.8. The fraction of sp³-hybridized carbons (Fsp3) is 0.627. The summed E-state index contributed by atoms with van der Waals surface area (Å²) in [6.07, 6.45) is 53.1. The van der Waals surface area contributed by atoms with Crippen molar-refractivity contribution < 1.29 is 19.8 Å². The lowest BCUT2D eigenvalue weighted by Crippen LogP contribution is -2.34. The lowest BCUT2D eigenvalue weighted by Gasteiger charge is -2.19. The van der Waals surface area contributed by atoms with Gasteiger partial charge < -0.3 is 20.8 Å². The molecule has 0 aromatic carbocycles. The van der Waals surface area contributed by atoms with E-state index in [1.807, 2.05) is 0 Å². The van der Waals surface area contributed by atoms with Crippen LogP contribution in [-0.4, -0.2) is 52.7 Å². The van der Waals surface area contributed by atoms with Gasteiger partial charge in [0.05, 0.1) is 19.3 Å². The van der Waals surface area contributed by atoms with E-state index in [0.29, 0.717) is 24.7 Å². The van der Waals surface area contributed by atoms with Crippen LogP contribution in [0.3, 0.4) is 0 Å². The summed E-state index contributed by atoms with van der Waals surface area (Å²) in [5.41, 5.74) is 0.501. The number of amides is 2. The molecule has 0 saturated heterocycles. The molecule has 0 rings (SSSR count). The van der Waals surface area contributed by atoms with Gasteiger partial charge >= 0.3 is 0 Å². The first kappa shape index (κ1) is 57.8. The number of unbranched alkanes of at least 4 members (excludes halogenated alkanes) is 5. The number of aliphatic hydroxyl groups is 2. The number of carbonyl (C=O) groups is 2. The molecule has 8 heteroatoms. The summed E-state index contributed by atoms with van der Waals surface area (Å²) in [5.74, 6) is 0.0188. The van der Waals surface area contributed by atoms with Gasteiger partial charge in [0.2, 0.25) is 11.8 Å². The highest BCUT2D eigenvalue weighted by Crippen LogP contribution is 2.26. The fourth-order valence-electron chi connectivity index (χ4n) is 5.62. The molecule has 0 aliphatic heterocycles. The molecule has 2 amide bonds. The third-order valence-electron chi connectivity index (χ3n) is 9.25. The number of halogens is 1. The van der Waals surface area contributed by atoms with Crippen LogP contribution < -0.4 is 10.6 Å². The van der Waals surface area contributed by atoms with Crippen LogP contribution in [0.4, 0.5) is 0 Å². The van der Waals surface area contributed by atoms with Crippen LogP contribution in [0.1, 0.15) is 164 Å². The summed E-state index contributed by atoms with van der Waals surface area (Å²) >= 11 is 3.49. The number of aliphatic hydroxyl groups excluding tert-OH is 2. The number of nitrogens with zero attached hydrogens (tertiary/aromatic N) is 1. The molecule has 0 bridgehead atoms. The van der Waals surface area contributed by atoms with E-state index in [0.717, 1.165) is 88.8 Å². The fourth-order valence-corrected chi connectivity index (χ4v) is 6.01. The molecule has 59 heavy (non-hydrogen) atoms. The minimum atomic E-state index is -0.166. The SMILES string of the molecule is C[C@H](CO)NC(=O)CCC/C=C\C/C=C\C/C=C\C/C=C\C(C)(C)CCCCBr.C[C@H](CO)NC(=O)CCC/C=C\C/C=C\C/C=C\C/C=C\C(C)(C)CCCCC#N. The second kappa shape index (κ2) is 41.5. The molecule has 0 saturated carbocycles. The maximum absolute atomic E-state index is 11.5. The van der Waals surface area contributed by atoms with Crippen LogP contribution in [-0.2, 0) is 9.59 Å². The van der Waals surface area contributed by atoms with Gasteiger partial charge in [0, 0.05) is 36.7 Å². The largest absolute Gasteiger partial charge is 0.394 e. The molecule has 0 radical (unpaired) electrons. The molecule has 4 N–H and O–H groups in total. The Labute approximate surface area is 370 Å². The smallest absolute Gasteiger partial charge is 0.220 e. The lowest BCUT2D eigenvalue weighted by atomic mass is 9.86. The molecule has 0 aromatic rings. The first-order chi connectivity index (χ1) is 28.3. The van der Waals surface area contributed by atoms with Crippen LogP contribution in [0.25, 0.3) is 0 Å². The van der Waals surface area contributed by atoms with Gasteiger partial charge in [-0.05, 0) is 115 Å². The topological polar surface area (TPSA) is 122 Å². The third-order valence-corrected chi connectivity index (χ3v) is 9.81. The Hall–Kier alpha value is -3.25. The zero-order chi connectivity index (χ0) is 44.3. The maximum Gasteiger partial charge on any atom is 0.220 e. The van der Waals surface area contributed by atoms with Gasteiger partial charge in [-0.15, -0.1) is 0 Å². The zero-order valence-corrected chi connectivity index (χ0v) is 39.6. The van der Waals surface area contributed by atoms with Crippen molar-refractivity contribution in [3.05, 3.63) is 97.2 Å². The number of nitriles is 1. The average Bonchev–Trinajstić information content (AvgIpc) is 3.19. The van der Waals surface area contributed by atoms with Crippen molar-refractivity contribution in [1.82, 2.24) is 10.6 Å². The van der Waals surface area contributed by atoms with Gasteiger partial charge in [-0.3, -0.25) is 9.59 Å². The standard InChI is InChI=1S/C26H42N2O2.C25H42BrNO2/c1-24(23-29)28-25(30)19-15-12-10-8-6-4-5-7-9-11-13-16-20-26(2,3)21-17-14-18-22-27;1-23(22-28)27-24(29)18-14-12-10-8-6-4-5-7-9-11-13-15-19-25(2,3)20-16-17-21-26/h4-5,8-11,16,20,24,29H,6-7,12-15,17-19,21,23H2,1-3H3,(H,28,30);4-5,8-11,15,19,23,28H,6-7,12-14,16-18,20-22H2,1-3H3,(H,27,29)/b5-4-,10-8-,11-9-,20-16-;5-4-,10-8-,11-9-,19-15-/t24-;23-/m11/s1. The molecule has 0 fully saturated rings. The van der Waals surface area contributed by atoms with E-state index in [2.05, 4.69) is 158 Å². The Balaban J connectivity index is 0. The first-order valence-corrected chi connectivity index (χ1v) is 23.4. The highest BCUT2D eigenvalue weighted by Gasteiger charge is 2.13. The van der Waals surface area contributed by atoms with Crippen molar-refractivity contribution >= 4 is 27.7 Å². The minimum Gasteiger partial charge on any atom is -0.394 e. The molecule has 334 valence electrons. The summed E-state index contributed by atoms with van der Waals surface area (Å²) in [6.45, 7) is 12.7. The van der Waals surface area contributed by atoms with Gasteiger partial charge in [0.25, 0.3) is 0 Å². The predicted molar refractivity (Wildman–Crippen MR) is 257 cm³/mol. The Morgan fingerprint density at radius 2 is 0.898 bits per heavy atom. The van der Waals surface area contributed by atoms with Crippen molar-refractivity contribution in [2.24, 2.45) is 10.8 Å². The van der Waals surface area contributed by atoms with Gasteiger partial charge in [-0.1, -0.05) is 154 Å². The Morgan fingerprint density at radius 3 is 1.24 bits per heavy atom. The van der Waals surface area contributed by atoms with Crippen LogP contribution >= 0.6 is 15.9 Å². The minimum absolute atomic E-state index is 0.00522. The first-order valence-electron chi connectivity index (χ1n) is 22.3. The molecule has 0 heterocycles. The molecular weight excluding hydrogens is 798 g/mol. The van der Waals surface area contributed by atoms with E-state index in [9.17, 15) is 9.59 Å². The van der Waals surface area contributed by atoms with Crippen LogP contribution in [0.2, 0.25) is 0 Å². The monoisotopic (exact) mass is 882 g/mol. The summed E-state index contributed by atoms with van der Waals surface area (Å²) in [5, 5.41) is 33.0. The van der Waals surface area contributed by atoms with Crippen molar-refractivity contribution in [2.45, 2.75) is 176 Å². The van der Waals surface area contributed by atoms with Crippen molar-refractivity contribution in [3.8, 4) is 6.07 Å². The molecule has 7 nitrogen and oxygen atoms in total. The molecule has 0 spiro atoms. The highest BCUT2D eigenvalue weighted by molar-refractivity contribution is 9.09. The number of nitrogens with one attached hydrogen (secondary N) is 2. The van der Waals surface area contributed by atoms with Gasteiger partial charge in [0.1, 0.15) is 0 Å². The summed E-state index contributed by atoms with van der Waals surface area (Å²) in [4.78, 5) is 23.1. The number of carbonyl (C=O) groups excluding carboxylic acids is 2. The summed E-state index contributed by atoms with van der Waals surface area (Å²) in [6, 6.07) is 1.88. The molecule has 0 aromatic heterocycles. The van der Waals surface area contributed by atoms with Crippen molar-refractivity contribution in [3.63, 3.8) is 0 Å². The van der Waals surface area contributed by atoms with E-state index in [1.54, 1.807) is 13.8 Å². The molecule has 2 atom stereocenters. The third kappa shape index (κ3) is 45.7. The van der Waals surface area contributed by atoms with Crippen LogP contribution in [0.5, 0.6) is 0 Å². The van der Waals surface area contributed by atoms with E-state index in [1.165, 1.54) is 19.3 Å². The number of hydrogen-bond acceptors (Lipinski definition) is 5. The number of rotatable bonds is 34. The Kier molecular flexibility index (Phi) is 40.7. The molecule has 0 unspecified atom stereocenters. The summed E-state index contributed by atoms with van der Waals surface area (Å²) < 4.78 is 0. The van der Waals surface area contributed by atoms with Gasteiger partial charge in [-0.2, -0.15) is 5.26 Å². The number of hydrogen-bond donors (Lipinski definition) is 4. The second-order valence-corrected chi connectivity index (χ2v) is 17.4. The van der Waals surface area contributed by atoms with Crippen molar-refractivity contribution in [2.75, 3.05) is 18.5 Å².